The van der Waals surface area contributed by atoms with Gasteiger partial charge in [0.25, 0.3) is 0 Å². The van der Waals surface area contributed by atoms with Crippen molar-refractivity contribution in [3.05, 3.63) is 17.5 Å². The molecule has 158 valence electrons. The third-order valence-electron chi connectivity index (χ3n) is 6.70. The van der Waals surface area contributed by atoms with Gasteiger partial charge in [-0.25, -0.2) is 14.7 Å². The van der Waals surface area contributed by atoms with E-state index in [4.69, 9.17) is 9.26 Å². The van der Waals surface area contributed by atoms with Crippen LogP contribution in [0.2, 0.25) is 0 Å². The number of hydrogen-bond acceptors (Lipinski definition) is 6. The average molecular weight is 404 g/mol. The maximum atomic E-state index is 12.4. The summed E-state index contributed by atoms with van der Waals surface area (Å²) in [5, 5.41) is 15.3. The monoisotopic (exact) mass is 404 g/mol. The van der Waals surface area contributed by atoms with Gasteiger partial charge in [0.05, 0.1) is 12.1 Å². The molecule has 2 atom stereocenters. The number of hydroxylamine groups is 2. The number of ether oxygens (including phenoxy) is 1. The van der Waals surface area contributed by atoms with E-state index in [1.54, 1.807) is 9.80 Å². The first kappa shape index (κ1) is 18.7. The Hall–Kier alpha value is -2.29. The Labute approximate surface area is 169 Å². The van der Waals surface area contributed by atoms with Crippen LogP contribution in [0.3, 0.4) is 0 Å². The Bertz CT molecular complexity index is 836. The number of piperidine rings is 1. The molecule has 5 rings (SSSR count). The molecule has 3 saturated heterocycles. The lowest BCUT2D eigenvalue weighted by molar-refractivity contribution is -0.0782. The standard InChI is InChI=1S/C20H28N4O5/c1-19(2,3)28-18(26)22-9-12(10-22)6-13-7-14(21-29-13)15-8-20(4-5-20)16-11-23(15)17(25)24(16)27/h7,12,15-16,27H,4-6,8-11H2,1-3H3/t15-,16?/m0/s1. The van der Waals surface area contributed by atoms with Gasteiger partial charge in [0.15, 0.2) is 0 Å². The Balaban J connectivity index is 1.20. The van der Waals surface area contributed by atoms with E-state index in [1.807, 2.05) is 26.8 Å². The third-order valence-corrected chi connectivity index (χ3v) is 6.70. The van der Waals surface area contributed by atoms with Crippen molar-refractivity contribution in [1.82, 2.24) is 20.0 Å². The molecule has 1 aromatic heterocycles. The molecular formula is C20H28N4O5. The molecule has 2 bridgehead atoms. The first-order valence-corrected chi connectivity index (χ1v) is 10.4. The molecule has 3 amide bonds. The van der Waals surface area contributed by atoms with Gasteiger partial charge in [0.1, 0.15) is 17.1 Å². The molecule has 29 heavy (non-hydrogen) atoms. The number of carbonyl (C=O) groups excluding carboxylic acids is 2. The summed E-state index contributed by atoms with van der Waals surface area (Å²) in [7, 11) is 0. The minimum absolute atomic E-state index is 0.0308. The molecule has 1 aliphatic carbocycles. The first-order valence-electron chi connectivity index (χ1n) is 10.4. The van der Waals surface area contributed by atoms with Crippen LogP contribution in [0.1, 0.15) is 57.5 Å². The largest absolute Gasteiger partial charge is 0.444 e. The van der Waals surface area contributed by atoms with Gasteiger partial charge in [-0.05, 0) is 45.4 Å². The van der Waals surface area contributed by atoms with Crippen LogP contribution >= 0.6 is 0 Å². The van der Waals surface area contributed by atoms with Crippen LogP contribution in [0.25, 0.3) is 0 Å². The van der Waals surface area contributed by atoms with Crippen LogP contribution in [0, 0.1) is 11.3 Å². The van der Waals surface area contributed by atoms with Crippen molar-refractivity contribution in [3.8, 4) is 0 Å². The molecule has 1 aromatic rings. The fourth-order valence-corrected chi connectivity index (χ4v) is 4.95. The molecule has 4 aliphatic rings. The number of likely N-dealkylation sites (tertiary alicyclic amines) is 1. The van der Waals surface area contributed by atoms with Crippen molar-refractivity contribution < 1.29 is 24.1 Å². The number of carbonyl (C=O) groups is 2. The number of rotatable bonds is 3. The summed E-state index contributed by atoms with van der Waals surface area (Å²) < 4.78 is 10.9. The smallest absolute Gasteiger partial charge is 0.410 e. The van der Waals surface area contributed by atoms with Crippen molar-refractivity contribution in [2.45, 2.75) is 64.1 Å². The summed E-state index contributed by atoms with van der Waals surface area (Å²) >= 11 is 0. The van der Waals surface area contributed by atoms with E-state index in [1.165, 1.54) is 0 Å². The predicted octanol–water partition coefficient (Wildman–Crippen LogP) is 2.80. The fourth-order valence-electron chi connectivity index (χ4n) is 4.95. The van der Waals surface area contributed by atoms with Crippen LogP contribution in [-0.2, 0) is 11.2 Å². The van der Waals surface area contributed by atoms with Crippen molar-refractivity contribution in [3.63, 3.8) is 0 Å². The summed E-state index contributed by atoms with van der Waals surface area (Å²) in [5.41, 5.74) is 0.303. The van der Waals surface area contributed by atoms with Gasteiger partial charge in [-0.2, -0.15) is 0 Å². The molecule has 1 N–H and O–H groups in total. The molecule has 0 aromatic carbocycles. The van der Waals surface area contributed by atoms with Crippen molar-refractivity contribution in [1.29, 1.82) is 0 Å². The molecule has 0 radical (unpaired) electrons. The summed E-state index contributed by atoms with van der Waals surface area (Å²) in [5.74, 6) is 1.09. The Kier molecular flexibility index (Phi) is 3.94. The minimum atomic E-state index is -0.489. The Morgan fingerprint density at radius 2 is 2.07 bits per heavy atom. The van der Waals surface area contributed by atoms with Gasteiger partial charge in [-0.1, -0.05) is 5.16 Å². The lowest BCUT2D eigenvalue weighted by atomic mass is 9.84. The number of fused-ring (bicyclic) bond motifs is 3. The zero-order valence-corrected chi connectivity index (χ0v) is 17.1. The van der Waals surface area contributed by atoms with Crippen LogP contribution in [0.4, 0.5) is 9.59 Å². The first-order chi connectivity index (χ1) is 13.7. The second kappa shape index (κ2) is 6.10. The van der Waals surface area contributed by atoms with Gasteiger partial charge in [0, 0.05) is 38.0 Å². The van der Waals surface area contributed by atoms with Crippen molar-refractivity contribution >= 4 is 12.1 Å². The van der Waals surface area contributed by atoms with E-state index < -0.39 is 5.60 Å². The van der Waals surface area contributed by atoms with Crippen LogP contribution in [0.15, 0.2) is 10.6 Å². The second-order valence-corrected chi connectivity index (χ2v) is 10.1. The number of aromatic nitrogens is 1. The highest BCUT2D eigenvalue weighted by molar-refractivity contribution is 5.77. The molecule has 3 aliphatic heterocycles. The SMILES string of the molecule is CC(C)(C)OC(=O)N1CC(Cc2cc([C@@H]3CC4(CC4)C4CN3C(=O)N4O)no2)C1. The summed E-state index contributed by atoms with van der Waals surface area (Å²) in [6, 6.07) is 1.37. The molecule has 1 unspecified atom stereocenters. The lowest BCUT2D eigenvalue weighted by Crippen LogP contribution is -2.52. The zero-order chi connectivity index (χ0) is 20.6. The van der Waals surface area contributed by atoms with Gasteiger partial charge in [-0.15, -0.1) is 0 Å². The zero-order valence-electron chi connectivity index (χ0n) is 17.1. The van der Waals surface area contributed by atoms with Gasteiger partial charge in [-0.3, -0.25) is 5.21 Å². The molecule has 4 fully saturated rings. The van der Waals surface area contributed by atoms with E-state index in [9.17, 15) is 14.8 Å². The molecule has 4 heterocycles. The number of hydrogen-bond donors (Lipinski definition) is 1. The third kappa shape index (κ3) is 3.15. The summed E-state index contributed by atoms with van der Waals surface area (Å²) in [4.78, 5) is 27.9. The summed E-state index contributed by atoms with van der Waals surface area (Å²) in [6.45, 7) is 7.41. The second-order valence-electron chi connectivity index (χ2n) is 10.1. The van der Waals surface area contributed by atoms with Crippen molar-refractivity contribution in [2.75, 3.05) is 19.6 Å². The molecule has 1 saturated carbocycles. The van der Waals surface area contributed by atoms with Crippen LogP contribution in [0.5, 0.6) is 0 Å². The van der Waals surface area contributed by atoms with Gasteiger partial charge in [0.2, 0.25) is 0 Å². The van der Waals surface area contributed by atoms with E-state index in [0.29, 0.717) is 32.0 Å². The lowest BCUT2D eigenvalue weighted by Gasteiger charge is -2.39. The van der Waals surface area contributed by atoms with Crippen molar-refractivity contribution in [2.24, 2.45) is 11.3 Å². The quantitative estimate of drug-likeness (QED) is 0.778. The molecular weight excluding hydrogens is 376 g/mol. The molecule has 9 heteroatoms. The fraction of sp³-hybridized carbons (Fsp3) is 0.750. The highest BCUT2D eigenvalue weighted by Crippen LogP contribution is 2.61. The van der Waals surface area contributed by atoms with E-state index in [-0.39, 0.29) is 29.6 Å². The maximum Gasteiger partial charge on any atom is 0.410 e. The number of nitrogens with zero attached hydrogens (tertiary/aromatic N) is 4. The molecule has 9 nitrogen and oxygen atoms in total. The van der Waals surface area contributed by atoms with Crippen LogP contribution in [-0.4, -0.2) is 68.6 Å². The highest BCUT2D eigenvalue weighted by Gasteiger charge is 2.63. The van der Waals surface area contributed by atoms with Gasteiger partial charge < -0.3 is 19.1 Å². The van der Waals surface area contributed by atoms with E-state index >= 15 is 0 Å². The summed E-state index contributed by atoms with van der Waals surface area (Å²) in [6.07, 6.45) is 3.33. The van der Waals surface area contributed by atoms with Gasteiger partial charge >= 0.3 is 12.1 Å². The maximum absolute atomic E-state index is 12.4. The molecule has 1 spiro atoms. The van der Waals surface area contributed by atoms with Crippen LogP contribution < -0.4 is 0 Å². The Morgan fingerprint density at radius 3 is 2.72 bits per heavy atom. The van der Waals surface area contributed by atoms with E-state index in [0.717, 1.165) is 35.8 Å². The van der Waals surface area contributed by atoms with E-state index in [2.05, 4.69) is 5.16 Å². The topological polar surface area (TPSA) is 99.4 Å². The predicted molar refractivity (Wildman–Crippen MR) is 100 cm³/mol. The normalized spacial score (nSPS) is 28.1. The average Bonchev–Trinajstić information content (AvgIpc) is 3.11. The Morgan fingerprint density at radius 1 is 1.34 bits per heavy atom. The minimum Gasteiger partial charge on any atom is -0.444 e. The number of urea groups is 1. The number of amides is 3. The highest BCUT2D eigenvalue weighted by atomic mass is 16.6.